The van der Waals surface area contributed by atoms with Crippen molar-refractivity contribution in [1.82, 2.24) is 4.98 Å². The summed E-state index contributed by atoms with van der Waals surface area (Å²) in [5.41, 5.74) is 6.40. The van der Waals surface area contributed by atoms with Gasteiger partial charge in [-0.05, 0) is 27.6 Å². The minimum absolute atomic E-state index is 0. The topological polar surface area (TPSA) is 38.9 Å². The molecule has 0 saturated heterocycles. The van der Waals surface area contributed by atoms with E-state index in [0.717, 1.165) is 10.2 Å². The summed E-state index contributed by atoms with van der Waals surface area (Å²) in [6.45, 7) is 0.556. The smallest absolute Gasteiger partial charge is 0.106 e. The SMILES string of the molecule is Cl.NCc1ccc(Br)nc1. The van der Waals surface area contributed by atoms with Gasteiger partial charge in [0.2, 0.25) is 0 Å². The van der Waals surface area contributed by atoms with Crippen molar-refractivity contribution in [1.29, 1.82) is 0 Å². The predicted molar refractivity (Wildman–Crippen MR) is 47.1 cm³/mol. The number of rotatable bonds is 1. The van der Waals surface area contributed by atoms with Gasteiger partial charge in [-0.15, -0.1) is 12.4 Å². The zero-order chi connectivity index (χ0) is 6.69. The summed E-state index contributed by atoms with van der Waals surface area (Å²) in [5, 5.41) is 0. The third-order valence-corrected chi connectivity index (χ3v) is 1.49. The van der Waals surface area contributed by atoms with Gasteiger partial charge in [0.25, 0.3) is 0 Å². The third kappa shape index (κ3) is 2.64. The van der Waals surface area contributed by atoms with E-state index in [9.17, 15) is 0 Å². The van der Waals surface area contributed by atoms with Gasteiger partial charge in [0.05, 0.1) is 0 Å². The zero-order valence-corrected chi connectivity index (χ0v) is 7.65. The lowest BCUT2D eigenvalue weighted by Crippen LogP contribution is -1.95. The minimum atomic E-state index is 0. The molecule has 2 N–H and O–H groups in total. The minimum Gasteiger partial charge on any atom is -0.326 e. The molecule has 2 nitrogen and oxygen atoms in total. The Bertz CT molecular complexity index is 187. The molecule has 0 bridgehead atoms. The maximum atomic E-state index is 5.34. The molecule has 0 atom stereocenters. The van der Waals surface area contributed by atoms with E-state index in [0.29, 0.717) is 6.54 Å². The van der Waals surface area contributed by atoms with Crippen molar-refractivity contribution >= 4 is 28.3 Å². The number of pyridine rings is 1. The number of hydrogen-bond acceptors (Lipinski definition) is 2. The quantitative estimate of drug-likeness (QED) is 0.737. The highest BCUT2D eigenvalue weighted by atomic mass is 79.9. The van der Waals surface area contributed by atoms with Crippen LogP contribution in [0.2, 0.25) is 0 Å². The summed E-state index contributed by atoms with van der Waals surface area (Å²) in [4.78, 5) is 3.99. The van der Waals surface area contributed by atoms with E-state index in [4.69, 9.17) is 5.73 Å². The van der Waals surface area contributed by atoms with Crippen molar-refractivity contribution in [2.45, 2.75) is 6.54 Å². The predicted octanol–water partition coefficient (Wildman–Crippen LogP) is 1.72. The molecule has 0 aliphatic carbocycles. The molecule has 0 aliphatic heterocycles. The van der Waals surface area contributed by atoms with Crippen LogP contribution in [0.25, 0.3) is 0 Å². The molecule has 0 aromatic carbocycles. The van der Waals surface area contributed by atoms with Gasteiger partial charge in [-0.2, -0.15) is 0 Å². The van der Waals surface area contributed by atoms with Crippen molar-refractivity contribution in [3.05, 3.63) is 28.5 Å². The second-order valence-corrected chi connectivity index (χ2v) is 2.51. The molecule has 1 aromatic heterocycles. The van der Waals surface area contributed by atoms with E-state index in [1.807, 2.05) is 12.1 Å². The maximum absolute atomic E-state index is 5.34. The molecule has 0 saturated carbocycles. The molecular formula is C6H8BrClN2. The maximum Gasteiger partial charge on any atom is 0.106 e. The molecule has 1 aromatic rings. The molecule has 0 fully saturated rings. The van der Waals surface area contributed by atoms with Gasteiger partial charge < -0.3 is 5.73 Å². The van der Waals surface area contributed by atoms with Crippen LogP contribution in [0.3, 0.4) is 0 Å². The Hall–Kier alpha value is -0.120. The van der Waals surface area contributed by atoms with Crippen LogP contribution in [-0.2, 0) is 6.54 Å². The Morgan fingerprint density at radius 2 is 2.20 bits per heavy atom. The highest BCUT2D eigenvalue weighted by molar-refractivity contribution is 9.10. The Balaban J connectivity index is 0.000000810. The van der Waals surface area contributed by atoms with Crippen molar-refractivity contribution in [2.75, 3.05) is 0 Å². The Kier molecular flexibility index (Phi) is 4.60. The lowest BCUT2D eigenvalue weighted by molar-refractivity contribution is 1.04. The Morgan fingerprint density at radius 3 is 2.60 bits per heavy atom. The number of aromatic nitrogens is 1. The van der Waals surface area contributed by atoms with Crippen molar-refractivity contribution in [3.63, 3.8) is 0 Å². The van der Waals surface area contributed by atoms with Crippen LogP contribution in [0.4, 0.5) is 0 Å². The number of hydrogen-bond donors (Lipinski definition) is 1. The molecule has 4 heteroatoms. The van der Waals surface area contributed by atoms with E-state index < -0.39 is 0 Å². The van der Waals surface area contributed by atoms with E-state index in [1.165, 1.54) is 0 Å². The summed E-state index contributed by atoms with van der Waals surface area (Å²) in [5.74, 6) is 0. The molecule has 0 spiro atoms. The molecule has 56 valence electrons. The summed E-state index contributed by atoms with van der Waals surface area (Å²) in [6, 6.07) is 3.82. The normalized spacial score (nSPS) is 8.60. The average Bonchev–Trinajstić information content (AvgIpc) is 1.90. The monoisotopic (exact) mass is 222 g/mol. The number of nitrogens with zero attached hydrogens (tertiary/aromatic N) is 1. The Labute approximate surface area is 74.4 Å². The molecule has 10 heavy (non-hydrogen) atoms. The average molecular weight is 224 g/mol. The second-order valence-electron chi connectivity index (χ2n) is 1.69. The van der Waals surface area contributed by atoms with Crippen LogP contribution in [0, 0.1) is 0 Å². The van der Waals surface area contributed by atoms with Crippen molar-refractivity contribution in [3.8, 4) is 0 Å². The fourth-order valence-electron chi connectivity index (χ4n) is 0.527. The fourth-order valence-corrected chi connectivity index (χ4v) is 0.762. The van der Waals surface area contributed by atoms with Crippen LogP contribution in [0.15, 0.2) is 22.9 Å². The lowest BCUT2D eigenvalue weighted by atomic mass is 10.3. The highest BCUT2D eigenvalue weighted by Crippen LogP contribution is 2.04. The van der Waals surface area contributed by atoms with E-state index in [2.05, 4.69) is 20.9 Å². The van der Waals surface area contributed by atoms with Crippen molar-refractivity contribution in [2.24, 2.45) is 5.73 Å². The van der Waals surface area contributed by atoms with Crippen LogP contribution >= 0.6 is 28.3 Å². The lowest BCUT2D eigenvalue weighted by Gasteiger charge is -1.92. The first-order valence-corrected chi connectivity index (χ1v) is 3.42. The molecule has 0 aliphatic rings. The fraction of sp³-hybridized carbons (Fsp3) is 0.167. The summed E-state index contributed by atoms with van der Waals surface area (Å²) in [7, 11) is 0. The highest BCUT2D eigenvalue weighted by Gasteiger charge is 1.87. The molecule has 1 heterocycles. The van der Waals surface area contributed by atoms with Crippen LogP contribution < -0.4 is 5.73 Å². The van der Waals surface area contributed by atoms with Gasteiger partial charge in [-0.1, -0.05) is 6.07 Å². The zero-order valence-electron chi connectivity index (χ0n) is 5.25. The Morgan fingerprint density at radius 1 is 1.50 bits per heavy atom. The summed E-state index contributed by atoms with van der Waals surface area (Å²) in [6.07, 6.45) is 1.75. The molecule has 0 radical (unpaired) electrons. The van der Waals surface area contributed by atoms with Gasteiger partial charge in [-0.3, -0.25) is 0 Å². The van der Waals surface area contributed by atoms with Crippen LogP contribution in [0.5, 0.6) is 0 Å². The van der Waals surface area contributed by atoms with Gasteiger partial charge >= 0.3 is 0 Å². The van der Waals surface area contributed by atoms with E-state index in [1.54, 1.807) is 6.20 Å². The van der Waals surface area contributed by atoms with Gasteiger partial charge in [0, 0.05) is 12.7 Å². The van der Waals surface area contributed by atoms with Crippen LogP contribution in [0.1, 0.15) is 5.56 Å². The van der Waals surface area contributed by atoms with E-state index in [-0.39, 0.29) is 12.4 Å². The van der Waals surface area contributed by atoms with Crippen LogP contribution in [-0.4, -0.2) is 4.98 Å². The van der Waals surface area contributed by atoms with E-state index >= 15 is 0 Å². The first-order valence-electron chi connectivity index (χ1n) is 2.63. The largest absolute Gasteiger partial charge is 0.326 e. The second kappa shape index (κ2) is 4.66. The van der Waals surface area contributed by atoms with Gasteiger partial charge in [0.1, 0.15) is 4.60 Å². The molecule has 1 rings (SSSR count). The number of halogens is 2. The number of nitrogens with two attached hydrogens (primary N) is 1. The summed E-state index contributed by atoms with van der Waals surface area (Å²) < 4.78 is 0.847. The first kappa shape index (κ1) is 9.88. The molecule has 0 amide bonds. The molecule has 0 unspecified atom stereocenters. The van der Waals surface area contributed by atoms with Crippen molar-refractivity contribution < 1.29 is 0 Å². The standard InChI is InChI=1S/C6H7BrN2.ClH/c7-6-2-1-5(3-8)4-9-6;/h1-2,4H,3,8H2;1H. The third-order valence-electron chi connectivity index (χ3n) is 1.02. The van der Waals surface area contributed by atoms with Gasteiger partial charge in [-0.25, -0.2) is 4.98 Å². The first-order chi connectivity index (χ1) is 4.33. The molecular weight excluding hydrogens is 215 g/mol. The van der Waals surface area contributed by atoms with Gasteiger partial charge in [0.15, 0.2) is 0 Å². The summed E-state index contributed by atoms with van der Waals surface area (Å²) >= 11 is 3.22.